The number of benzene rings is 1. The molecule has 142 valence electrons. The van der Waals surface area contributed by atoms with Crippen molar-refractivity contribution in [1.82, 2.24) is 4.98 Å². The second kappa shape index (κ2) is 8.15. The summed E-state index contributed by atoms with van der Waals surface area (Å²) >= 11 is 1.35. The molecule has 2 aliphatic rings. The fraction of sp³-hybridized carbons (Fsp3) is 0.364. The number of fused-ring (bicyclic) bond motifs is 1. The first-order valence-electron chi connectivity index (χ1n) is 9.71. The number of hydrogen-bond donors (Lipinski definition) is 0. The first-order chi connectivity index (χ1) is 13.7. The molecule has 0 N–H and O–H groups in total. The molecule has 1 amide bonds. The van der Waals surface area contributed by atoms with Gasteiger partial charge in [-0.1, -0.05) is 42.8 Å². The van der Waals surface area contributed by atoms with Crippen molar-refractivity contribution in [1.29, 1.82) is 5.26 Å². The van der Waals surface area contributed by atoms with E-state index >= 15 is 0 Å². The zero-order chi connectivity index (χ0) is 19.5. The molecule has 6 heteroatoms. The van der Waals surface area contributed by atoms with E-state index in [1.54, 1.807) is 0 Å². The third-order valence-electron chi connectivity index (χ3n) is 5.19. The van der Waals surface area contributed by atoms with Crippen LogP contribution in [0.2, 0.25) is 0 Å². The first-order valence-corrected chi connectivity index (χ1v) is 10.6. The summed E-state index contributed by atoms with van der Waals surface area (Å²) in [5.41, 5.74) is 4.32. The Hall–Kier alpha value is -2.65. The fourth-order valence-electron chi connectivity index (χ4n) is 3.69. The van der Waals surface area contributed by atoms with Gasteiger partial charge in [-0.05, 0) is 56.4 Å². The van der Waals surface area contributed by atoms with Crippen LogP contribution in [0.5, 0.6) is 0 Å². The van der Waals surface area contributed by atoms with E-state index in [1.807, 2.05) is 43.3 Å². The van der Waals surface area contributed by atoms with Crippen LogP contribution >= 0.6 is 11.8 Å². The smallest absolute Gasteiger partial charge is 0.266 e. The number of rotatable bonds is 3. The summed E-state index contributed by atoms with van der Waals surface area (Å²) in [7, 11) is 0. The Bertz CT molecular complexity index is 964. The largest absolute Gasteiger partial charge is 0.271 e. The van der Waals surface area contributed by atoms with E-state index in [2.05, 4.69) is 11.2 Å². The molecule has 0 saturated carbocycles. The van der Waals surface area contributed by atoms with Crippen LogP contribution in [-0.2, 0) is 17.6 Å². The second-order valence-corrected chi connectivity index (χ2v) is 8.29. The van der Waals surface area contributed by atoms with Crippen molar-refractivity contribution >= 4 is 29.1 Å². The van der Waals surface area contributed by atoms with Gasteiger partial charge in [-0.15, -0.1) is 0 Å². The molecule has 1 aromatic carbocycles. The quantitative estimate of drug-likeness (QED) is 0.774. The maximum absolute atomic E-state index is 13.0. The summed E-state index contributed by atoms with van der Waals surface area (Å²) < 4.78 is 0. The zero-order valence-electron chi connectivity index (χ0n) is 15.9. The van der Waals surface area contributed by atoms with Gasteiger partial charge in [0, 0.05) is 5.69 Å². The summed E-state index contributed by atoms with van der Waals surface area (Å²) in [6, 6.07) is 13.7. The number of nitriles is 1. The number of anilines is 1. The van der Waals surface area contributed by atoms with Crippen molar-refractivity contribution in [3.05, 3.63) is 53.2 Å². The lowest BCUT2D eigenvalue weighted by molar-refractivity contribution is -0.116. The summed E-state index contributed by atoms with van der Waals surface area (Å²) in [6.45, 7) is 1.86. The molecule has 1 atom stereocenters. The predicted octanol–water partition coefficient (Wildman–Crippen LogP) is 4.50. The predicted molar refractivity (Wildman–Crippen MR) is 112 cm³/mol. The van der Waals surface area contributed by atoms with Gasteiger partial charge in [0.15, 0.2) is 0 Å². The van der Waals surface area contributed by atoms with Gasteiger partial charge in [0.1, 0.15) is 16.3 Å². The van der Waals surface area contributed by atoms with Gasteiger partial charge in [0.25, 0.3) is 5.91 Å². The number of aromatic nitrogens is 1. The van der Waals surface area contributed by atoms with E-state index in [4.69, 9.17) is 4.98 Å². The van der Waals surface area contributed by atoms with Crippen LogP contribution in [0.25, 0.3) is 0 Å². The number of amides is 1. The summed E-state index contributed by atoms with van der Waals surface area (Å²) in [5, 5.41) is 15.8. The maximum atomic E-state index is 13.0. The summed E-state index contributed by atoms with van der Waals surface area (Å²) in [6.07, 6.45) is 6.65. The highest BCUT2D eigenvalue weighted by Gasteiger charge is 2.36. The minimum atomic E-state index is -0.452. The van der Waals surface area contributed by atoms with E-state index in [1.165, 1.54) is 35.2 Å². The molecular weight excluding hydrogens is 368 g/mol. The molecule has 0 saturated heterocycles. The normalized spacial score (nSPS) is 19.4. The van der Waals surface area contributed by atoms with Gasteiger partial charge < -0.3 is 0 Å². The van der Waals surface area contributed by atoms with E-state index in [0.717, 1.165) is 42.8 Å². The van der Waals surface area contributed by atoms with E-state index < -0.39 is 5.25 Å². The van der Waals surface area contributed by atoms with Crippen molar-refractivity contribution < 1.29 is 4.79 Å². The Labute approximate surface area is 169 Å². The van der Waals surface area contributed by atoms with Gasteiger partial charge in [-0.25, -0.2) is 4.98 Å². The van der Waals surface area contributed by atoms with Crippen LogP contribution < -0.4 is 5.01 Å². The molecule has 2 aromatic rings. The van der Waals surface area contributed by atoms with Crippen LogP contribution in [0.15, 0.2) is 46.5 Å². The van der Waals surface area contributed by atoms with Gasteiger partial charge in [-0.2, -0.15) is 15.4 Å². The fourth-order valence-corrected chi connectivity index (χ4v) is 4.72. The molecule has 2 heterocycles. The van der Waals surface area contributed by atoms with Crippen LogP contribution in [0, 0.1) is 11.3 Å². The first kappa shape index (κ1) is 18.7. The Morgan fingerprint density at radius 2 is 1.89 bits per heavy atom. The van der Waals surface area contributed by atoms with Gasteiger partial charge in [0.2, 0.25) is 0 Å². The number of carbonyl (C=O) groups excluding carboxylic acids is 1. The zero-order valence-corrected chi connectivity index (χ0v) is 16.7. The molecular formula is C22H22N4OS. The maximum Gasteiger partial charge on any atom is 0.266 e. The summed E-state index contributed by atoms with van der Waals surface area (Å²) in [5.74, 6) is -0.0915. The van der Waals surface area contributed by atoms with E-state index in [0.29, 0.717) is 10.6 Å². The Morgan fingerprint density at radius 1 is 1.14 bits per heavy atom. The molecule has 28 heavy (non-hydrogen) atoms. The number of hydrazone groups is 1. The third kappa shape index (κ3) is 3.67. The standard InChI is InChI=1S/C22H22N4OS/c1-15-20(22(27)26(25-15)18-10-6-4-7-11-18)28-21-17(14-23)13-16-9-5-2-3-8-12-19(16)24-21/h4,6-7,10-11,13,20H,2-3,5,8-9,12H2,1H3/t20-/m1/s1. The molecule has 0 fully saturated rings. The SMILES string of the molecule is CC1=NN(c2ccccc2)C(=O)[C@@H]1Sc1nc2c(cc1C#N)CCCCCC2. The van der Waals surface area contributed by atoms with Crippen molar-refractivity contribution in [2.24, 2.45) is 5.10 Å². The van der Waals surface area contributed by atoms with Crippen LogP contribution in [0.3, 0.4) is 0 Å². The Morgan fingerprint density at radius 3 is 2.64 bits per heavy atom. The molecule has 1 aromatic heterocycles. The average Bonchev–Trinajstić information content (AvgIpc) is 2.98. The van der Waals surface area contributed by atoms with Gasteiger partial charge in [-0.3, -0.25) is 4.79 Å². The lowest BCUT2D eigenvalue weighted by Crippen LogP contribution is -2.29. The number of hydrogen-bond acceptors (Lipinski definition) is 5. The van der Waals surface area contributed by atoms with E-state index in [-0.39, 0.29) is 5.91 Å². The Kier molecular flexibility index (Phi) is 5.45. The third-order valence-corrected chi connectivity index (χ3v) is 6.50. The van der Waals surface area contributed by atoms with Crippen LogP contribution in [-0.4, -0.2) is 21.9 Å². The highest BCUT2D eigenvalue weighted by molar-refractivity contribution is 8.01. The monoisotopic (exact) mass is 390 g/mol. The number of nitrogens with zero attached hydrogens (tertiary/aromatic N) is 4. The van der Waals surface area contributed by atoms with E-state index in [9.17, 15) is 10.1 Å². The number of aryl methyl sites for hydroxylation is 2. The molecule has 1 aliphatic heterocycles. The summed E-state index contributed by atoms with van der Waals surface area (Å²) in [4.78, 5) is 17.8. The minimum absolute atomic E-state index is 0.0915. The molecule has 5 nitrogen and oxygen atoms in total. The van der Waals surface area contributed by atoms with Crippen LogP contribution in [0.4, 0.5) is 5.69 Å². The van der Waals surface area contributed by atoms with Crippen molar-refractivity contribution in [2.45, 2.75) is 55.7 Å². The molecule has 0 bridgehead atoms. The van der Waals surface area contributed by atoms with Crippen molar-refractivity contribution in [2.75, 3.05) is 5.01 Å². The lowest BCUT2D eigenvalue weighted by Gasteiger charge is -2.17. The Balaban J connectivity index is 1.62. The average molecular weight is 391 g/mol. The highest BCUT2D eigenvalue weighted by Crippen LogP contribution is 2.34. The lowest BCUT2D eigenvalue weighted by atomic mass is 9.96. The van der Waals surface area contributed by atoms with Gasteiger partial charge in [0.05, 0.1) is 17.0 Å². The molecule has 0 spiro atoms. The topological polar surface area (TPSA) is 69.3 Å². The molecule has 0 radical (unpaired) electrons. The van der Waals surface area contributed by atoms with Crippen LogP contribution in [0.1, 0.15) is 49.4 Å². The molecule has 4 rings (SSSR count). The molecule has 1 aliphatic carbocycles. The number of para-hydroxylation sites is 1. The minimum Gasteiger partial charge on any atom is -0.271 e. The van der Waals surface area contributed by atoms with Crippen molar-refractivity contribution in [3.8, 4) is 6.07 Å². The van der Waals surface area contributed by atoms with Crippen molar-refractivity contribution in [3.63, 3.8) is 0 Å². The number of carbonyl (C=O) groups is 1. The second-order valence-electron chi connectivity index (χ2n) is 7.20. The molecule has 0 unspecified atom stereocenters. The highest BCUT2D eigenvalue weighted by atomic mass is 32.2. The number of thioether (sulfide) groups is 1. The number of pyridine rings is 1. The van der Waals surface area contributed by atoms with Gasteiger partial charge >= 0.3 is 0 Å².